The lowest BCUT2D eigenvalue weighted by Gasteiger charge is -2.08. The fourth-order valence-corrected chi connectivity index (χ4v) is 2.34. The molecule has 0 unspecified atom stereocenters. The van der Waals surface area contributed by atoms with Gasteiger partial charge < -0.3 is 10.1 Å². The predicted molar refractivity (Wildman–Crippen MR) is 63.6 cm³/mol. The summed E-state index contributed by atoms with van der Waals surface area (Å²) in [4.78, 5) is 0. The van der Waals surface area contributed by atoms with Crippen LogP contribution in [0.25, 0.3) is 0 Å². The fourth-order valence-electron chi connectivity index (χ4n) is 1.35. The third-order valence-corrected chi connectivity index (χ3v) is 2.73. The molecule has 0 atom stereocenters. The highest BCUT2D eigenvalue weighted by Gasteiger charge is 2.12. The molecular formula is C9H10BrCl2NO. The minimum absolute atomic E-state index is 0. The van der Waals surface area contributed by atoms with Crippen LogP contribution in [0.5, 0.6) is 5.75 Å². The second kappa shape index (κ2) is 5.21. The molecule has 14 heavy (non-hydrogen) atoms. The molecule has 78 valence electrons. The molecule has 2 nitrogen and oxygen atoms in total. The summed E-state index contributed by atoms with van der Waals surface area (Å²) in [6, 6.07) is 3.78. The Hall–Kier alpha value is 0.0400. The van der Waals surface area contributed by atoms with Gasteiger partial charge in [0.2, 0.25) is 0 Å². The molecule has 0 saturated carbocycles. The molecule has 0 saturated heterocycles. The van der Waals surface area contributed by atoms with Crippen LogP contribution in [-0.2, 0) is 6.54 Å². The topological polar surface area (TPSA) is 21.3 Å². The van der Waals surface area contributed by atoms with E-state index >= 15 is 0 Å². The second-order valence-electron chi connectivity index (χ2n) is 2.90. The van der Waals surface area contributed by atoms with E-state index in [1.807, 2.05) is 12.1 Å². The first-order chi connectivity index (χ1) is 6.27. The van der Waals surface area contributed by atoms with E-state index in [1.54, 1.807) is 0 Å². The zero-order chi connectivity index (χ0) is 9.26. The van der Waals surface area contributed by atoms with Crippen molar-refractivity contribution in [3.05, 3.63) is 27.2 Å². The van der Waals surface area contributed by atoms with Gasteiger partial charge in [-0.3, -0.25) is 0 Å². The molecule has 1 aromatic carbocycles. The van der Waals surface area contributed by atoms with Crippen molar-refractivity contribution < 1.29 is 4.74 Å². The molecule has 0 radical (unpaired) electrons. The number of halogens is 3. The third kappa shape index (κ3) is 2.54. The molecule has 0 amide bonds. The normalized spacial score (nSPS) is 14.7. The Labute approximate surface area is 103 Å². The van der Waals surface area contributed by atoms with Crippen molar-refractivity contribution in [1.29, 1.82) is 0 Å². The van der Waals surface area contributed by atoms with Crippen molar-refractivity contribution >= 4 is 39.9 Å². The van der Waals surface area contributed by atoms with Gasteiger partial charge in [0.15, 0.2) is 0 Å². The van der Waals surface area contributed by atoms with Crippen LogP contribution >= 0.6 is 39.9 Å². The summed E-state index contributed by atoms with van der Waals surface area (Å²) < 4.78 is 6.50. The van der Waals surface area contributed by atoms with Gasteiger partial charge in [-0.05, 0) is 28.1 Å². The van der Waals surface area contributed by atoms with Crippen LogP contribution in [0.2, 0.25) is 5.02 Å². The van der Waals surface area contributed by atoms with Crippen molar-refractivity contribution in [2.75, 3.05) is 13.2 Å². The lowest BCUT2D eigenvalue weighted by atomic mass is 10.2. The Kier molecular flexibility index (Phi) is 4.51. The Balaban J connectivity index is 0.000000980. The lowest BCUT2D eigenvalue weighted by Crippen LogP contribution is -2.16. The average molecular weight is 299 g/mol. The molecule has 1 aliphatic heterocycles. The van der Waals surface area contributed by atoms with Crippen LogP contribution in [0.3, 0.4) is 0 Å². The van der Waals surface area contributed by atoms with Gasteiger partial charge in [0.1, 0.15) is 12.4 Å². The molecular weight excluding hydrogens is 289 g/mol. The summed E-state index contributed by atoms with van der Waals surface area (Å²) in [6.07, 6.45) is 0. The number of hydrogen-bond donors (Lipinski definition) is 1. The van der Waals surface area contributed by atoms with E-state index in [0.717, 1.165) is 33.9 Å². The maximum Gasteiger partial charge on any atom is 0.138 e. The molecule has 0 spiro atoms. The summed E-state index contributed by atoms with van der Waals surface area (Å²) in [5.41, 5.74) is 1.11. The molecule has 0 bridgehead atoms. The van der Waals surface area contributed by atoms with Crippen molar-refractivity contribution in [2.45, 2.75) is 6.54 Å². The zero-order valence-electron chi connectivity index (χ0n) is 7.35. The van der Waals surface area contributed by atoms with Crippen molar-refractivity contribution in [3.63, 3.8) is 0 Å². The number of nitrogens with one attached hydrogen (secondary N) is 1. The van der Waals surface area contributed by atoms with Crippen LogP contribution < -0.4 is 10.1 Å². The molecule has 1 heterocycles. The van der Waals surface area contributed by atoms with E-state index < -0.39 is 0 Å². The first-order valence-corrected chi connectivity index (χ1v) is 5.26. The summed E-state index contributed by atoms with van der Waals surface area (Å²) in [5, 5.41) is 3.99. The molecule has 1 aromatic rings. The number of ether oxygens (including phenoxy) is 1. The van der Waals surface area contributed by atoms with Gasteiger partial charge in [-0.25, -0.2) is 0 Å². The van der Waals surface area contributed by atoms with Crippen LogP contribution in [0, 0.1) is 0 Å². The number of benzene rings is 1. The van der Waals surface area contributed by atoms with Gasteiger partial charge in [-0.2, -0.15) is 0 Å². The van der Waals surface area contributed by atoms with E-state index in [-0.39, 0.29) is 12.4 Å². The Morgan fingerprint density at radius 1 is 1.43 bits per heavy atom. The highest BCUT2D eigenvalue weighted by molar-refractivity contribution is 9.10. The molecule has 1 aliphatic rings. The summed E-state index contributed by atoms with van der Waals surface area (Å²) in [5.74, 6) is 0.911. The smallest absolute Gasteiger partial charge is 0.138 e. The number of fused-ring (bicyclic) bond motifs is 1. The van der Waals surface area contributed by atoms with Gasteiger partial charge in [0, 0.05) is 23.7 Å². The minimum atomic E-state index is 0. The van der Waals surface area contributed by atoms with Crippen molar-refractivity contribution in [1.82, 2.24) is 5.32 Å². The molecule has 1 N–H and O–H groups in total. The van der Waals surface area contributed by atoms with Crippen LogP contribution in [0.4, 0.5) is 0 Å². The van der Waals surface area contributed by atoms with Crippen LogP contribution in [-0.4, -0.2) is 13.2 Å². The Bertz CT molecular complexity index is 333. The summed E-state index contributed by atoms with van der Waals surface area (Å²) in [7, 11) is 0. The molecule has 0 aromatic heterocycles. The number of hydrogen-bond acceptors (Lipinski definition) is 2. The lowest BCUT2D eigenvalue weighted by molar-refractivity contribution is 0.324. The highest BCUT2D eigenvalue weighted by atomic mass is 79.9. The van der Waals surface area contributed by atoms with Crippen molar-refractivity contribution in [2.24, 2.45) is 0 Å². The zero-order valence-corrected chi connectivity index (χ0v) is 10.5. The largest absolute Gasteiger partial charge is 0.491 e. The monoisotopic (exact) mass is 297 g/mol. The number of rotatable bonds is 0. The fraction of sp³-hybridized carbons (Fsp3) is 0.333. The van der Waals surface area contributed by atoms with Gasteiger partial charge >= 0.3 is 0 Å². The van der Waals surface area contributed by atoms with Gasteiger partial charge in [-0.15, -0.1) is 12.4 Å². The summed E-state index contributed by atoms with van der Waals surface area (Å²) in [6.45, 7) is 2.39. The maximum absolute atomic E-state index is 5.92. The predicted octanol–water partition coefficient (Wildman–Crippen LogP) is 3.01. The summed E-state index contributed by atoms with van der Waals surface area (Å²) >= 11 is 9.35. The van der Waals surface area contributed by atoms with E-state index in [4.69, 9.17) is 16.3 Å². The first-order valence-electron chi connectivity index (χ1n) is 4.09. The molecule has 2 rings (SSSR count). The van der Waals surface area contributed by atoms with E-state index in [1.165, 1.54) is 0 Å². The Morgan fingerprint density at radius 3 is 3.00 bits per heavy atom. The standard InChI is InChI=1S/C9H9BrClNO.ClH/c10-8-4-7(11)3-6-5-12-1-2-13-9(6)8;/h3-4,12H,1-2,5H2;1H. The molecule has 5 heteroatoms. The van der Waals surface area contributed by atoms with E-state index in [9.17, 15) is 0 Å². The van der Waals surface area contributed by atoms with Crippen molar-refractivity contribution in [3.8, 4) is 5.75 Å². The first kappa shape index (κ1) is 12.1. The van der Waals surface area contributed by atoms with Crippen LogP contribution in [0.1, 0.15) is 5.56 Å². The van der Waals surface area contributed by atoms with Gasteiger partial charge in [0.25, 0.3) is 0 Å². The van der Waals surface area contributed by atoms with E-state index in [0.29, 0.717) is 6.61 Å². The minimum Gasteiger partial charge on any atom is -0.491 e. The third-order valence-electron chi connectivity index (χ3n) is 1.93. The molecule has 0 fully saturated rings. The average Bonchev–Trinajstić information content (AvgIpc) is 2.28. The van der Waals surface area contributed by atoms with Gasteiger partial charge in [-0.1, -0.05) is 11.6 Å². The Morgan fingerprint density at radius 2 is 2.21 bits per heavy atom. The second-order valence-corrected chi connectivity index (χ2v) is 4.19. The maximum atomic E-state index is 5.92. The quantitative estimate of drug-likeness (QED) is 0.795. The highest BCUT2D eigenvalue weighted by Crippen LogP contribution is 2.33. The van der Waals surface area contributed by atoms with E-state index in [2.05, 4.69) is 21.2 Å². The SMILES string of the molecule is Cl.Clc1cc(Br)c2c(c1)CNCCO2. The van der Waals surface area contributed by atoms with Gasteiger partial charge in [0.05, 0.1) is 4.47 Å². The van der Waals surface area contributed by atoms with Crippen LogP contribution in [0.15, 0.2) is 16.6 Å². The molecule has 0 aliphatic carbocycles.